The highest BCUT2D eigenvalue weighted by atomic mass is 16.3. The maximum Gasteiger partial charge on any atom is 0.0499 e. The number of rotatable bonds is 4. The first-order valence-corrected chi connectivity index (χ1v) is 4.54. The molecule has 0 saturated heterocycles. The molecule has 1 N–H and O–H groups in total. The average Bonchev–Trinajstić information content (AvgIpc) is 2.15. The summed E-state index contributed by atoms with van der Waals surface area (Å²) in [4.78, 5) is 0. The van der Waals surface area contributed by atoms with E-state index in [2.05, 4.69) is 19.1 Å². The van der Waals surface area contributed by atoms with Crippen molar-refractivity contribution in [2.24, 2.45) is 0 Å². The van der Waals surface area contributed by atoms with Gasteiger partial charge in [-0.1, -0.05) is 43.7 Å². The Morgan fingerprint density at radius 1 is 1.25 bits per heavy atom. The van der Waals surface area contributed by atoms with Gasteiger partial charge in [0.2, 0.25) is 0 Å². The molecule has 12 heavy (non-hydrogen) atoms. The Kier molecular flexibility index (Phi) is 3.81. The summed E-state index contributed by atoms with van der Waals surface area (Å²) < 4.78 is 0. The Labute approximate surface area is 74.1 Å². The molecular formula is C11H16O. The summed E-state index contributed by atoms with van der Waals surface area (Å²) in [6.07, 6.45) is 2.20. The van der Waals surface area contributed by atoms with Crippen molar-refractivity contribution in [3.63, 3.8) is 0 Å². The van der Waals surface area contributed by atoms with Gasteiger partial charge in [0, 0.05) is 12.5 Å². The molecule has 0 radical (unpaired) electrons. The predicted molar refractivity (Wildman–Crippen MR) is 51.2 cm³/mol. The standard InChI is InChI=1S/C11H16O/c1-2-6-11(9-12)10-7-4-3-5-8-10/h3-5,7-8,11-12H,2,6,9H2,1H3/t11-/m0/s1. The lowest BCUT2D eigenvalue weighted by Gasteiger charge is -2.12. The van der Waals surface area contributed by atoms with Crippen molar-refractivity contribution in [1.82, 2.24) is 0 Å². The van der Waals surface area contributed by atoms with Crippen molar-refractivity contribution in [1.29, 1.82) is 0 Å². The van der Waals surface area contributed by atoms with Crippen LogP contribution < -0.4 is 0 Å². The fraction of sp³-hybridized carbons (Fsp3) is 0.455. The number of benzene rings is 1. The zero-order chi connectivity index (χ0) is 8.81. The topological polar surface area (TPSA) is 20.2 Å². The van der Waals surface area contributed by atoms with E-state index in [0.29, 0.717) is 5.92 Å². The van der Waals surface area contributed by atoms with Crippen molar-refractivity contribution in [2.45, 2.75) is 25.7 Å². The molecule has 1 nitrogen and oxygen atoms in total. The summed E-state index contributed by atoms with van der Waals surface area (Å²) in [7, 11) is 0. The highest BCUT2D eigenvalue weighted by Crippen LogP contribution is 2.19. The van der Waals surface area contributed by atoms with Gasteiger partial charge in [0.1, 0.15) is 0 Å². The predicted octanol–water partition coefficient (Wildman–Crippen LogP) is 2.56. The summed E-state index contributed by atoms with van der Waals surface area (Å²) in [6, 6.07) is 10.2. The zero-order valence-electron chi connectivity index (χ0n) is 7.53. The molecule has 0 heterocycles. The van der Waals surface area contributed by atoms with E-state index in [1.165, 1.54) is 5.56 Å². The quantitative estimate of drug-likeness (QED) is 0.725. The first kappa shape index (κ1) is 9.27. The van der Waals surface area contributed by atoms with Crippen molar-refractivity contribution in [3.8, 4) is 0 Å². The SMILES string of the molecule is CCC[C@@H](CO)c1ccccc1. The number of aliphatic hydroxyl groups excluding tert-OH is 1. The van der Waals surface area contributed by atoms with Gasteiger partial charge in [0.25, 0.3) is 0 Å². The molecule has 0 unspecified atom stereocenters. The minimum Gasteiger partial charge on any atom is -0.396 e. The number of aliphatic hydroxyl groups is 1. The summed E-state index contributed by atoms with van der Waals surface area (Å²) >= 11 is 0. The van der Waals surface area contributed by atoms with Crippen molar-refractivity contribution < 1.29 is 5.11 Å². The molecular weight excluding hydrogens is 148 g/mol. The Morgan fingerprint density at radius 2 is 1.92 bits per heavy atom. The molecule has 1 heteroatoms. The Bertz CT molecular complexity index is 206. The van der Waals surface area contributed by atoms with E-state index in [1.54, 1.807) is 0 Å². The lowest BCUT2D eigenvalue weighted by atomic mass is 9.96. The Hall–Kier alpha value is -0.820. The van der Waals surface area contributed by atoms with Crippen LogP contribution in [0.25, 0.3) is 0 Å². The van der Waals surface area contributed by atoms with Crippen LogP contribution in [0.1, 0.15) is 31.2 Å². The van der Waals surface area contributed by atoms with E-state index in [0.717, 1.165) is 12.8 Å². The van der Waals surface area contributed by atoms with E-state index in [1.807, 2.05) is 18.2 Å². The van der Waals surface area contributed by atoms with E-state index in [-0.39, 0.29) is 6.61 Å². The van der Waals surface area contributed by atoms with Crippen LogP contribution in [0.4, 0.5) is 0 Å². The van der Waals surface area contributed by atoms with E-state index >= 15 is 0 Å². The van der Waals surface area contributed by atoms with Crippen molar-refractivity contribution in [2.75, 3.05) is 6.61 Å². The Morgan fingerprint density at radius 3 is 2.42 bits per heavy atom. The van der Waals surface area contributed by atoms with E-state index in [4.69, 9.17) is 5.11 Å². The third-order valence-electron chi connectivity index (χ3n) is 2.13. The summed E-state index contributed by atoms with van der Waals surface area (Å²) in [5.74, 6) is 0.330. The van der Waals surface area contributed by atoms with Crippen molar-refractivity contribution in [3.05, 3.63) is 35.9 Å². The van der Waals surface area contributed by atoms with Gasteiger partial charge >= 0.3 is 0 Å². The molecule has 1 rings (SSSR count). The second-order valence-corrected chi connectivity index (χ2v) is 3.08. The minimum absolute atomic E-state index is 0.262. The van der Waals surface area contributed by atoms with Crippen LogP contribution in [0, 0.1) is 0 Å². The lowest BCUT2D eigenvalue weighted by molar-refractivity contribution is 0.258. The molecule has 0 aromatic heterocycles. The molecule has 0 fully saturated rings. The van der Waals surface area contributed by atoms with Gasteiger partial charge in [-0.3, -0.25) is 0 Å². The van der Waals surface area contributed by atoms with Gasteiger partial charge in [0.15, 0.2) is 0 Å². The molecule has 0 aliphatic heterocycles. The maximum atomic E-state index is 9.11. The van der Waals surface area contributed by atoms with Crippen LogP contribution in [-0.4, -0.2) is 11.7 Å². The molecule has 1 aromatic carbocycles. The van der Waals surface area contributed by atoms with Crippen LogP contribution in [0.3, 0.4) is 0 Å². The molecule has 0 aliphatic rings. The van der Waals surface area contributed by atoms with E-state index in [9.17, 15) is 0 Å². The molecule has 0 spiro atoms. The number of hydrogen-bond acceptors (Lipinski definition) is 1. The third-order valence-corrected chi connectivity index (χ3v) is 2.13. The maximum absolute atomic E-state index is 9.11. The third kappa shape index (κ3) is 2.35. The molecule has 0 saturated carbocycles. The first-order valence-electron chi connectivity index (χ1n) is 4.54. The minimum atomic E-state index is 0.262. The normalized spacial score (nSPS) is 12.8. The fourth-order valence-electron chi connectivity index (χ4n) is 1.44. The van der Waals surface area contributed by atoms with Gasteiger partial charge in [0.05, 0.1) is 0 Å². The van der Waals surface area contributed by atoms with Crippen LogP contribution >= 0.6 is 0 Å². The fourth-order valence-corrected chi connectivity index (χ4v) is 1.44. The average molecular weight is 164 g/mol. The number of hydrogen-bond donors (Lipinski definition) is 1. The monoisotopic (exact) mass is 164 g/mol. The zero-order valence-corrected chi connectivity index (χ0v) is 7.53. The highest BCUT2D eigenvalue weighted by molar-refractivity contribution is 5.19. The van der Waals surface area contributed by atoms with Gasteiger partial charge in [-0.05, 0) is 12.0 Å². The van der Waals surface area contributed by atoms with Crippen LogP contribution in [-0.2, 0) is 0 Å². The second kappa shape index (κ2) is 4.94. The van der Waals surface area contributed by atoms with Gasteiger partial charge in [-0.2, -0.15) is 0 Å². The van der Waals surface area contributed by atoms with Crippen LogP contribution in [0.5, 0.6) is 0 Å². The van der Waals surface area contributed by atoms with Gasteiger partial charge < -0.3 is 5.11 Å². The second-order valence-electron chi connectivity index (χ2n) is 3.08. The van der Waals surface area contributed by atoms with Crippen LogP contribution in [0.15, 0.2) is 30.3 Å². The largest absolute Gasteiger partial charge is 0.396 e. The highest BCUT2D eigenvalue weighted by Gasteiger charge is 2.07. The van der Waals surface area contributed by atoms with Gasteiger partial charge in [-0.15, -0.1) is 0 Å². The summed E-state index contributed by atoms with van der Waals surface area (Å²) in [5.41, 5.74) is 1.25. The van der Waals surface area contributed by atoms with Crippen LogP contribution in [0.2, 0.25) is 0 Å². The molecule has 0 bridgehead atoms. The molecule has 0 aliphatic carbocycles. The summed E-state index contributed by atoms with van der Waals surface area (Å²) in [6.45, 7) is 2.41. The molecule has 0 amide bonds. The molecule has 66 valence electrons. The first-order chi connectivity index (χ1) is 5.88. The Balaban J connectivity index is 2.66. The smallest absolute Gasteiger partial charge is 0.0499 e. The molecule has 1 aromatic rings. The van der Waals surface area contributed by atoms with Crippen molar-refractivity contribution >= 4 is 0 Å². The summed E-state index contributed by atoms with van der Waals surface area (Å²) in [5, 5.41) is 9.11. The molecule has 1 atom stereocenters. The van der Waals surface area contributed by atoms with E-state index < -0.39 is 0 Å². The van der Waals surface area contributed by atoms with Gasteiger partial charge in [-0.25, -0.2) is 0 Å². The lowest BCUT2D eigenvalue weighted by Crippen LogP contribution is -2.02.